The van der Waals surface area contributed by atoms with Crippen LogP contribution in [0, 0.1) is 0 Å². The molecule has 1 aromatic heterocycles. The summed E-state index contributed by atoms with van der Waals surface area (Å²) in [6.07, 6.45) is -0.684. The van der Waals surface area contributed by atoms with E-state index in [1.54, 1.807) is 11.3 Å². The zero-order valence-corrected chi connectivity index (χ0v) is 13.0. The Kier molecular flexibility index (Phi) is 3.36. The van der Waals surface area contributed by atoms with Crippen LogP contribution in [0.3, 0.4) is 0 Å². The second-order valence-electron chi connectivity index (χ2n) is 3.81. The van der Waals surface area contributed by atoms with Crippen LogP contribution in [-0.4, -0.2) is 11.9 Å². The molecule has 1 aromatic carbocycles. The SMILES string of the molecule is OC(c1cc(Br)c2c(c1)OCO2)c1cscc1Br. The van der Waals surface area contributed by atoms with Crippen molar-refractivity contribution in [2.45, 2.75) is 6.10 Å². The Balaban J connectivity index is 2.03. The van der Waals surface area contributed by atoms with Crippen molar-refractivity contribution >= 4 is 43.2 Å². The summed E-state index contributed by atoms with van der Waals surface area (Å²) in [6.45, 7) is 0.218. The van der Waals surface area contributed by atoms with Gasteiger partial charge in [0.2, 0.25) is 6.79 Å². The molecule has 0 radical (unpaired) electrons. The van der Waals surface area contributed by atoms with Crippen LogP contribution in [0.4, 0.5) is 0 Å². The molecule has 0 saturated heterocycles. The minimum atomic E-state index is -0.684. The number of benzene rings is 1. The molecule has 0 fully saturated rings. The predicted molar refractivity (Wildman–Crippen MR) is 76.3 cm³/mol. The van der Waals surface area contributed by atoms with Crippen LogP contribution >= 0.6 is 43.2 Å². The smallest absolute Gasteiger partial charge is 0.231 e. The molecule has 3 rings (SSSR count). The van der Waals surface area contributed by atoms with Gasteiger partial charge in [-0.2, -0.15) is 11.3 Å². The lowest BCUT2D eigenvalue weighted by molar-refractivity contribution is 0.173. The molecule has 18 heavy (non-hydrogen) atoms. The molecule has 1 aliphatic heterocycles. The highest BCUT2D eigenvalue weighted by atomic mass is 79.9. The summed E-state index contributed by atoms with van der Waals surface area (Å²) in [4.78, 5) is 0. The summed E-state index contributed by atoms with van der Waals surface area (Å²) in [6, 6.07) is 3.66. The standard InChI is InChI=1S/C12H8Br2O3S/c13-8-1-6(2-10-12(8)17-5-16-10)11(15)7-3-18-4-9(7)14/h1-4,11,15H,5H2. The maximum atomic E-state index is 10.4. The molecule has 0 bridgehead atoms. The van der Waals surface area contributed by atoms with E-state index < -0.39 is 6.10 Å². The molecule has 3 nitrogen and oxygen atoms in total. The first-order chi connectivity index (χ1) is 8.66. The van der Waals surface area contributed by atoms with Gasteiger partial charge < -0.3 is 14.6 Å². The Morgan fingerprint density at radius 1 is 1.17 bits per heavy atom. The number of fused-ring (bicyclic) bond motifs is 1. The summed E-state index contributed by atoms with van der Waals surface area (Å²) >= 11 is 8.40. The summed E-state index contributed by atoms with van der Waals surface area (Å²) in [5.74, 6) is 1.35. The summed E-state index contributed by atoms with van der Waals surface area (Å²) in [7, 11) is 0. The van der Waals surface area contributed by atoms with Gasteiger partial charge in [0.05, 0.1) is 4.47 Å². The monoisotopic (exact) mass is 390 g/mol. The van der Waals surface area contributed by atoms with Crippen molar-refractivity contribution in [1.82, 2.24) is 0 Å². The summed E-state index contributed by atoms with van der Waals surface area (Å²) in [5, 5.41) is 14.2. The van der Waals surface area contributed by atoms with Crippen molar-refractivity contribution in [3.05, 3.63) is 43.0 Å². The molecule has 0 amide bonds. The van der Waals surface area contributed by atoms with Gasteiger partial charge in [0.15, 0.2) is 11.5 Å². The molecule has 0 spiro atoms. The maximum absolute atomic E-state index is 10.4. The van der Waals surface area contributed by atoms with E-state index in [1.807, 2.05) is 22.9 Å². The third-order valence-electron chi connectivity index (χ3n) is 2.70. The molecule has 0 aliphatic carbocycles. The van der Waals surface area contributed by atoms with E-state index >= 15 is 0 Å². The number of hydrogen-bond acceptors (Lipinski definition) is 4. The number of rotatable bonds is 2. The van der Waals surface area contributed by atoms with Crippen molar-refractivity contribution in [3.8, 4) is 11.5 Å². The third-order valence-corrected chi connectivity index (χ3v) is 5.04. The van der Waals surface area contributed by atoms with Crippen molar-refractivity contribution in [2.24, 2.45) is 0 Å². The van der Waals surface area contributed by atoms with Gasteiger partial charge in [-0.25, -0.2) is 0 Å². The fraction of sp³-hybridized carbons (Fsp3) is 0.167. The predicted octanol–water partition coefficient (Wildman–Crippen LogP) is 4.08. The molecular weight excluding hydrogens is 384 g/mol. The number of halogens is 2. The van der Waals surface area contributed by atoms with Crippen LogP contribution < -0.4 is 9.47 Å². The fourth-order valence-corrected chi connectivity index (χ4v) is 3.92. The average molecular weight is 392 g/mol. The van der Waals surface area contributed by atoms with E-state index in [9.17, 15) is 5.11 Å². The number of hydrogen-bond donors (Lipinski definition) is 1. The minimum Gasteiger partial charge on any atom is -0.454 e. The molecule has 2 aromatic rings. The molecule has 1 aliphatic rings. The van der Waals surface area contributed by atoms with Gasteiger partial charge >= 0.3 is 0 Å². The highest BCUT2D eigenvalue weighted by Gasteiger charge is 2.22. The molecule has 94 valence electrons. The Hall–Kier alpha value is -0.560. The third kappa shape index (κ3) is 2.07. The first-order valence-electron chi connectivity index (χ1n) is 5.15. The van der Waals surface area contributed by atoms with E-state index in [1.165, 1.54) is 0 Å². The second kappa shape index (κ2) is 4.85. The highest BCUT2D eigenvalue weighted by Crippen LogP contribution is 2.43. The quantitative estimate of drug-likeness (QED) is 0.838. The lowest BCUT2D eigenvalue weighted by atomic mass is 10.0. The lowest BCUT2D eigenvalue weighted by Gasteiger charge is -2.12. The molecule has 2 heterocycles. The number of thiophene rings is 1. The van der Waals surface area contributed by atoms with Crippen LogP contribution in [0.5, 0.6) is 11.5 Å². The van der Waals surface area contributed by atoms with Gasteiger partial charge in [0.1, 0.15) is 6.10 Å². The van der Waals surface area contributed by atoms with Crippen molar-refractivity contribution in [3.63, 3.8) is 0 Å². The maximum Gasteiger partial charge on any atom is 0.231 e. The van der Waals surface area contributed by atoms with Crippen LogP contribution in [0.2, 0.25) is 0 Å². The zero-order chi connectivity index (χ0) is 12.7. The van der Waals surface area contributed by atoms with Gasteiger partial charge in [-0.3, -0.25) is 0 Å². The number of aliphatic hydroxyl groups excluding tert-OH is 1. The molecule has 1 atom stereocenters. The zero-order valence-electron chi connectivity index (χ0n) is 9.02. The first kappa shape index (κ1) is 12.5. The van der Waals surface area contributed by atoms with Gasteiger partial charge in [0.25, 0.3) is 0 Å². The summed E-state index contributed by atoms with van der Waals surface area (Å²) < 4.78 is 12.4. The minimum absolute atomic E-state index is 0.218. The largest absolute Gasteiger partial charge is 0.454 e. The average Bonchev–Trinajstić information content (AvgIpc) is 2.96. The fourth-order valence-electron chi connectivity index (χ4n) is 1.81. The van der Waals surface area contributed by atoms with E-state index in [2.05, 4.69) is 31.9 Å². The molecule has 6 heteroatoms. The van der Waals surface area contributed by atoms with E-state index in [0.29, 0.717) is 11.5 Å². The molecular formula is C12H8Br2O3S. The Labute approximate surface area is 125 Å². The molecule has 1 unspecified atom stereocenters. The first-order valence-corrected chi connectivity index (χ1v) is 7.68. The topological polar surface area (TPSA) is 38.7 Å². The lowest BCUT2D eigenvalue weighted by Crippen LogP contribution is -1.99. The Morgan fingerprint density at radius 3 is 2.72 bits per heavy atom. The molecule has 1 N–H and O–H groups in total. The van der Waals surface area contributed by atoms with Crippen LogP contribution in [0.15, 0.2) is 31.8 Å². The van der Waals surface area contributed by atoms with Crippen molar-refractivity contribution in [2.75, 3.05) is 6.79 Å². The molecule has 0 saturated carbocycles. The van der Waals surface area contributed by atoms with Gasteiger partial charge in [-0.15, -0.1) is 0 Å². The van der Waals surface area contributed by atoms with Crippen LogP contribution in [0.25, 0.3) is 0 Å². The second-order valence-corrected chi connectivity index (χ2v) is 6.27. The Morgan fingerprint density at radius 2 is 2.00 bits per heavy atom. The van der Waals surface area contributed by atoms with Crippen molar-refractivity contribution in [1.29, 1.82) is 0 Å². The van der Waals surface area contributed by atoms with Gasteiger partial charge in [-0.05, 0) is 54.9 Å². The van der Waals surface area contributed by atoms with Crippen molar-refractivity contribution < 1.29 is 14.6 Å². The van der Waals surface area contributed by atoms with Gasteiger partial charge in [-0.1, -0.05) is 0 Å². The normalized spacial score (nSPS) is 14.8. The Bertz CT molecular complexity index is 597. The van der Waals surface area contributed by atoms with Gasteiger partial charge in [0, 0.05) is 15.4 Å². The number of ether oxygens (including phenoxy) is 2. The van der Waals surface area contributed by atoms with Crippen LogP contribution in [-0.2, 0) is 0 Å². The van der Waals surface area contributed by atoms with Crippen LogP contribution in [0.1, 0.15) is 17.2 Å². The highest BCUT2D eigenvalue weighted by molar-refractivity contribution is 9.10. The number of aliphatic hydroxyl groups is 1. The summed E-state index contributed by atoms with van der Waals surface area (Å²) in [5.41, 5.74) is 1.62. The van der Waals surface area contributed by atoms with E-state index in [0.717, 1.165) is 20.1 Å². The van der Waals surface area contributed by atoms with E-state index in [-0.39, 0.29) is 6.79 Å². The van der Waals surface area contributed by atoms with E-state index in [4.69, 9.17) is 9.47 Å².